The zero-order chi connectivity index (χ0) is 17.1. The molecule has 4 nitrogen and oxygen atoms in total. The van der Waals surface area contributed by atoms with Gasteiger partial charge in [0.2, 0.25) is 0 Å². The molecule has 134 valence electrons. The highest BCUT2D eigenvalue weighted by atomic mass is 79.9. The summed E-state index contributed by atoms with van der Waals surface area (Å²) in [6.45, 7) is 4.45. The van der Waals surface area contributed by atoms with Gasteiger partial charge < -0.3 is 20.7 Å². The van der Waals surface area contributed by atoms with Gasteiger partial charge in [-0.15, -0.1) is 0 Å². The van der Waals surface area contributed by atoms with Crippen molar-refractivity contribution in [2.45, 2.75) is 63.6 Å². The predicted molar refractivity (Wildman–Crippen MR) is 105 cm³/mol. The van der Waals surface area contributed by atoms with Gasteiger partial charge in [-0.3, -0.25) is 0 Å². The lowest BCUT2D eigenvalue weighted by Crippen LogP contribution is -2.46. The molecule has 1 aliphatic heterocycles. The van der Waals surface area contributed by atoms with Crippen LogP contribution in [-0.2, 0) is 4.74 Å². The summed E-state index contributed by atoms with van der Waals surface area (Å²) in [4.78, 5) is 2.69. The number of likely N-dealkylation sites (tertiary alicyclic amines) is 1. The Kier molecular flexibility index (Phi) is 6.06. The first-order chi connectivity index (χ1) is 11.6. The first kappa shape index (κ1) is 18.0. The minimum absolute atomic E-state index is 0.489. The Bertz CT molecular complexity index is 550. The van der Waals surface area contributed by atoms with Gasteiger partial charge in [0.05, 0.1) is 17.5 Å². The van der Waals surface area contributed by atoms with Gasteiger partial charge in [0.1, 0.15) is 0 Å². The lowest BCUT2D eigenvalue weighted by molar-refractivity contribution is 0.0329. The zero-order valence-corrected chi connectivity index (χ0v) is 16.4. The van der Waals surface area contributed by atoms with Crippen LogP contribution in [0.4, 0.5) is 11.4 Å². The number of benzene rings is 1. The number of ether oxygens (including phenoxy) is 1. The molecule has 1 aromatic rings. The van der Waals surface area contributed by atoms with Crippen LogP contribution in [0, 0.1) is 6.92 Å². The second-order valence-corrected chi connectivity index (χ2v) is 8.16. The average molecular weight is 396 g/mol. The van der Waals surface area contributed by atoms with Crippen LogP contribution >= 0.6 is 15.9 Å². The summed E-state index contributed by atoms with van der Waals surface area (Å²) in [6, 6.07) is 5.43. The van der Waals surface area contributed by atoms with Crippen molar-refractivity contribution in [1.82, 2.24) is 4.90 Å². The van der Waals surface area contributed by atoms with Crippen LogP contribution in [0.25, 0.3) is 0 Å². The van der Waals surface area contributed by atoms with Crippen LogP contribution in [0.15, 0.2) is 16.6 Å². The van der Waals surface area contributed by atoms with E-state index in [4.69, 9.17) is 10.5 Å². The zero-order valence-electron chi connectivity index (χ0n) is 14.9. The standard InChI is InChI=1S/C19H30BrN3O/c1-13-11-18(21)19(12-17(13)20)22-14-7-9-23(10-8-14)15-3-5-16(24-2)6-4-15/h11-12,14-16,22H,3-10,21H2,1-2H3/t15-,16+. The number of halogens is 1. The average Bonchev–Trinajstić information content (AvgIpc) is 2.60. The number of nitrogen functional groups attached to an aromatic ring is 1. The number of hydrogen-bond donors (Lipinski definition) is 2. The number of aryl methyl sites for hydroxylation is 1. The summed E-state index contributed by atoms with van der Waals surface area (Å²) in [5, 5.41) is 3.66. The number of nitrogens with one attached hydrogen (secondary N) is 1. The second-order valence-electron chi connectivity index (χ2n) is 7.31. The maximum absolute atomic E-state index is 6.17. The smallest absolute Gasteiger partial charge is 0.0587 e. The molecule has 5 heteroatoms. The Morgan fingerprint density at radius 1 is 1.12 bits per heavy atom. The molecule has 0 spiro atoms. The van der Waals surface area contributed by atoms with Crippen molar-refractivity contribution in [3.63, 3.8) is 0 Å². The fourth-order valence-electron chi connectivity index (χ4n) is 4.10. The number of rotatable bonds is 4. The normalized spacial score (nSPS) is 26.5. The molecule has 0 unspecified atom stereocenters. The minimum atomic E-state index is 0.489. The molecule has 0 bridgehead atoms. The van der Waals surface area contributed by atoms with E-state index in [1.54, 1.807) is 0 Å². The Morgan fingerprint density at radius 3 is 2.42 bits per heavy atom. The predicted octanol–water partition coefficient (Wildman–Crippen LogP) is 4.17. The van der Waals surface area contributed by atoms with Crippen LogP contribution in [0.3, 0.4) is 0 Å². The molecule has 0 atom stereocenters. The highest BCUT2D eigenvalue weighted by Crippen LogP contribution is 2.30. The molecule has 1 saturated heterocycles. The number of hydrogen-bond acceptors (Lipinski definition) is 4. The maximum Gasteiger partial charge on any atom is 0.0587 e. The monoisotopic (exact) mass is 395 g/mol. The summed E-state index contributed by atoms with van der Waals surface area (Å²) in [5.74, 6) is 0. The van der Waals surface area contributed by atoms with Crippen molar-refractivity contribution >= 4 is 27.3 Å². The minimum Gasteiger partial charge on any atom is -0.397 e. The molecule has 0 aromatic heterocycles. The van der Waals surface area contributed by atoms with Gasteiger partial charge in [-0.2, -0.15) is 0 Å². The van der Waals surface area contributed by atoms with Crippen molar-refractivity contribution in [2.24, 2.45) is 0 Å². The molecule has 0 amide bonds. The van der Waals surface area contributed by atoms with E-state index in [1.807, 2.05) is 13.2 Å². The lowest BCUT2D eigenvalue weighted by atomic mass is 9.90. The Hall–Kier alpha value is -0.780. The first-order valence-corrected chi connectivity index (χ1v) is 9.95. The summed E-state index contributed by atoms with van der Waals surface area (Å²) < 4.78 is 6.61. The summed E-state index contributed by atoms with van der Waals surface area (Å²) >= 11 is 3.60. The maximum atomic E-state index is 6.17. The van der Waals surface area contributed by atoms with Crippen LogP contribution < -0.4 is 11.1 Å². The molecule has 0 radical (unpaired) electrons. The lowest BCUT2D eigenvalue weighted by Gasteiger charge is -2.41. The first-order valence-electron chi connectivity index (χ1n) is 9.16. The van der Waals surface area contributed by atoms with Crippen molar-refractivity contribution < 1.29 is 4.74 Å². The number of methoxy groups -OCH3 is 1. The molecular formula is C19H30BrN3O. The SMILES string of the molecule is CO[C@H]1CC[C@@H](N2CCC(Nc3cc(Br)c(C)cc3N)CC2)CC1. The van der Waals surface area contributed by atoms with Crippen LogP contribution in [0.5, 0.6) is 0 Å². The van der Waals surface area contributed by atoms with Gasteiger partial charge in [-0.05, 0) is 63.1 Å². The molecule has 1 heterocycles. The quantitative estimate of drug-likeness (QED) is 0.750. The molecule has 1 saturated carbocycles. The van der Waals surface area contributed by atoms with Crippen molar-refractivity contribution in [3.8, 4) is 0 Å². The largest absolute Gasteiger partial charge is 0.397 e. The summed E-state index contributed by atoms with van der Waals surface area (Å²) in [6.07, 6.45) is 7.87. The Balaban J connectivity index is 1.50. The third kappa shape index (κ3) is 4.24. The van der Waals surface area contributed by atoms with Crippen molar-refractivity contribution in [3.05, 3.63) is 22.2 Å². The third-order valence-corrected chi connectivity index (χ3v) is 6.57. The van der Waals surface area contributed by atoms with E-state index >= 15 is 0 Å². The van der Waals surface area contributed by atoms with E-state index in [1.165, 1.54) is 57.2 Å². The van der Waals surface area contributed by atoms with Crippen LogP contribution in [0.2, 0.25) is 0 Å². The number of nitrogens with two attached hydrogens (primary N) is 1. The number of anilines is 2. The van der Waals surface area contributed by atoms with Gasteiger partial charge in [0, 0.05) is 36.8 Å². The molecule has 2 fully saturated rings. The van der Waals surface area contributed by atoms with Gasteiger partial charge in [0.15, 0.2) is 0 Å². The number of nitrogens with zero attached hydrogens (tertiary/aromatic N) is 1. The van der Waals surface area contributed by atoms with E-state index in [9.17, 15) is 0 Å². The fourth-order valence-corrected chi connectivity index (χ4v) is 4.45. The molecule has 1 aromatic carbocycles. The second kappa shape index (κ2) is 8.07. The van der Waals surface area contributed by atoms with E-state index in [2.05, 4.69) is 39.1 Å². The molecule has 3 N–H and O–H groups in total. The third-order valence-electron chi connectivity index (χ3n) is 5.71. The molecule has 3 rings (SSSR count). The van der Waals surface area contributed by atoms with Gasteiger partial charge in [0.25, 0.3) is 0 Å². The Morgan fingerprint density at radius 2 is 1.79 bits per heavy atom. The van der Waals surface area contributed by atoms with E-state index in [-0.39, 0.29) is 0 Å². The van der Waals surface area contributed by atoms with Crippen LogP contribution in [0.1, 0.15) is 44.1 Å². The molecule has 24 heavy (non-hydrogen) atoms. The molecule has 2 aliphatic rings. The summed E-state index contributed by atoms with van der Waals surface area (Å²) in [5.41, 5.74) is 9.26. The van der Waals surface area contributed by atoms with Gasteiger partial charge in [-0.1, -0.05) is 15.9 Å². The van der Waals surface area contributed by atoms with E-state index < -0.39 is 0 Å². The summed E-state index contributed by atoms with van der Waals surface area (Å²) in [7, 11) is 1.84. The van der Waals surface area contributed by atoms with Crippen molar-refractivity contribution in [2.75, 3.05) is 31.2 Å². The topological polar surface area (TPSA) is 50.5 Å². The van der Waals surface area contributed by atoms with E-state index in [0.29, 0.717) is 12.1 Å². The Labute approximate surface area is 154 Å². The van der Waals surface area contributed by atoms with E-state index in [0.717, 1.165) is 21.9 Å². The fraction of sp³-hybridized carbons (Fsp3) is 0.684. The number of piperidine rings is 1. The van der Waals surface area contributed by atoms with Gasteiger partial charge in [-0.25, -0.2) is 0 Å². The van der Waals surface area contributed by atoms with Gasteiger partial charge >= 0.3 is 0 Å². The highest BCUT2D eigenvalue weighted by Gasteiger charge is 2.29. The van der Waals surface area contributed by atoms with Crippen LogP contribution in [-0.4, -0.2) is 43.3 Å². The highest BCUT2D eigenvalue weighted by molar-refractivity contribution is 9.10. The molecular weight excluding hydrogens is 366 g/mol. The molecule has 1 aliphatic carbocycles. The van der Waals surface area contributed by atoms with Crippen molar-refractivity contribution in [1.29, 1.82) is 0 Å².